The minimum Gasteiger partial charge on any atom is -0.481 e. The predicted molar refractivity (Wildman–Crippen MR) is 64.9 cm³/mol. The maximum atomic E-state index is 12.0. The number of rotatable bonds is 4. The standard InChI is InChI=1S/C12H20N2O4/c1-9(7-12(17)18)6-10(15)14-5-3-4-13(2)11(16)8-14/h9H,3-8H2,1-2H3,(H,17,18). The molecule has 102 valence electrons. The first-order valence-electron chi connectivity index (χ1n) is 6.13. The molecule has 1 saturated heterocycles. The van der Waals surface area contributed by atoms with E-state index in [1.165, 1.54) is 4.90 Å². The van der Waals surface area contributed by atoms with Gasteiger partial charge in [0.1, 0.15) is 0 Å². The van der Waals surface area contributed by atoms with Gasteiger partial charge in [-0.1, -0.05) is 6.92 Å². The van der Waals surface area contributed by atoms with E-state index in [1.54, 1.807) is 18.9 Å². The van der Waals surface area contributed by atoms with Crippen LogP contribution in [0.5, 0.6) is 0 Å². The van der Waals surface area contributed by atoms with Crippen LogP contribution in [0.2, 0.25) is 0 Å². The molecule has 0 radical (unpaired) electrons. The molecule has 1 fully saturated rings. The first-order valence-corrected chi connectivity index (χ1v) is 6.13. The highest BCUT2D eigenvalue weighted by Gasteiger charge is 2.24. The van der Waals surface area contributed by atoms with Crippen molar-refractivity contribution in [3.8, 4) is 0 Å². The summed E-state index contributed by atoms with van der Waals surface area (Å²) in [5, 5.41) is 8.64. The number of hydrogen-bond acceptors (Lipinski definition) is 3. The molecule has 0 saturated carbocycles. The van der Waals surface area contributed by atoms with Crippen molar-refractivity contribution >= 4 is 17.8 Å². The van der Waals surface area contributed by atoms with Gasteiger partial charge in [-0.15, -0.1) is 0 Å². The van der Waals surface area contributed by atoms with Crippen LogP contribution in [-0.2, 0) is 14.4 Å². The smallest absolute Gasteiger partial charge is 0.303 e. The van der Waals surface area contributed by atoms with E-state index < -0.39 is 5.97 Å². The number of hydrogen-bond donors (Lipinski definition) is 1. The molecule has 0 spiro atoms. The Bertz CT molecular complexity index is 343. The van der Waals surface area contributed by atoms with Crippen LogP contribution in [0.4, 0.5) is 0 Å². The molecule has 1 N–H and O–H groups in total. The molecule has 1 aliphatic heterocycles. The van der Waals surface area contributed by atoms with Crippen LogP contribution in [0.1, 0.15) is 26.2 Å². The molecule has 1 rings (SSSR count). The van der Waals surface area contributed by atoms with E-state index in [0.29, 0.717) is 13.1 Å². The fourth-order valence-corrected chi connectivity index (χ4v) is 2.00. The van der Waals surface area contributed by atoms with Gasteiger partial charge in [0.15, 0.2) is 0 Å². The number of carbonyl (C=O) groups excluding carboxylic acids is 2. The van der Waals surface area contributed by atoms with Crippen LogP contribution in [0, 0.1) is 5.92 Å². The first kappa shape index (κ1) is 14.5. The number of amides is 2. The van der Waals surface area contributed by atoms with Gasteiger partial charge in [-0.05, 0) is 12.3 Å². The average molecular weight is 256 g/mol. The molecule has 1 heterocycles. The Morgan fingerprint density at radius 2 is 2.00 bits per heavy atom. The summed E-state index contributed by atoms with van der Waals surface area (Å²) >= 11 is 0. The monoisotopic (exact) mass is 256 g/mol. The molecular formula is C12H20N2O4. The third-order valence-corrected chi connectivity index (χ3v) is 3.07. The van der Waals surface area contributed by atoms with Crippen LogP contribution in [-0.4, -0.2) is 59.4 Å². The minimum absolute atomic E-state index is 0.0204. The van der Waals surface area contributed by atoms with Gasteiger partial charge in [0, 0.05) is 33.0 Å². The number of nitrogens with zero attached hydrogens (tertiary/aromatic N) is 2. The lowest BCUT2D eigenvalue weighted by atomic mass is 10.0. The van der Waals surface area contributed by atoms with Crippen LogP contribution in [0.25, 0.3) is 0 Å². The highest BCUT2D eigenvalue weighted by Crippen LogP contribution is 2.12. The van der Waals surface area contributed by atoms with Crippen molar-refractivity contribution in [2.24, 2.45) is 5.92 Å². The van der Waals surface area contributed by atoms with Gasteiger partial charge in [-0.25, -0.2) is 0 Å². The summed E-state index contributed by atoms with van der Waals surface area (Å²) in [7, 11) is 1.73. The van der Waals surface area contributed by atoms with Crippen LogP contribution in [0.3, 0.4) is 0 Å². The lowest BCUT2D eigenvalue weighted by molar-refractivity contribution is -0.140. The van der Waals surface area contributed by atoms with Gasteiger partial charge in [0.05, 0.1) is 6.54 Å². The van der Waals surface area contributed by atoms with Crippen molar-refractivity contribution in [3.63, 3.8) is 0 Å². The minimum atomic E-state index is -0.901. The Morgan fingerprint density at radius 3 is 2.61 bits per heavy atom. The summed E-state index contributed by atoms with van der Waals surface area (Å²) in [6.45, 7) is 3.06. The highest BCUT2D eigenvalue weighted by molar-refractivity contribution is 5.85. The Hall–Kier alpha value is -1.59. The van der Waals surface area contributed by atoms with Gasteiger partial charge >= 0.3 is 5.97 Å². The summed E-state index contributed by atoms with van der Waals surface area (Å²) < 4.78 is 0. The zero-order valence-corrected chi connectivity index (χ0v) is 10.9. The van der Waals surface area contributed by atoms with E-state index in [-0.39, 0.29) is 37.1 Å². The number of aliphatic carboxylic acids is 1. The maximum Gasteiger partial charge on any atom is 0.303 e. The summed E-state index contributed by atoms with van der Waals surface area (Å²) in [4.78, 5) is 37.3. The number of likely N-dealkylation sites (N-methyl/N-ethyl adjacent to an activating group) is 1. The van der Waals surface area contributed by atoms with E-state index in [4.69, 9.17) is 5.11 Å². The number of carbonyl (C=O) groups is 3. The van der Waals surface area contributed by atoms with E-state index in [0.717, 1.165) is 6.42 Å². The zero-order valence-electron chi connectivity index (χ0n) is 10.9. The topological polar surface area (TPSA) is 77.9 Å². The third-order valence-electron chi connectivity index (χ3n) is 3.07. The SMILES string of the molecule is CC(CC(=O)O)CC(=O)N1CCCN(C)C(=O)C1. The molecule has 18 heavy (non-hydrogen) atoms. The van der Waals surface area contributed by atoms with Crippen molar-refractivity contribution < 1.29 is 19.5 Å². The molecule has 0 aromatic heterocycles. The fraction of sp³-hybridized carbons (Fsp3) is 0.750. The van der Waals surface area contributed by atoms with Crippen molar-refractivity contribution in [1.29, 1.82) is 0 Å². The third kappa shape index (κ3) is 4.35. The van der Waals surface area contributed by atoms with Gasteiger partial charge in [-0.2, -0.15) is 0 Å². The van der Waals surface area contributed by atoms with Crippen molar-refractivity contribution in [2.45, 2.75) is 26.2 Å². The van der Waals surface area contributed by atoms with Crippen LogP contribution in [0.15, 0.2) is 0 Å². The molecular weight excluding hydrogens is 236 g/mol. The first-order chi connectivity index (χ1) is 8.40. The molecule has 1 aliphatic rings. The second-order valence-corrected chi connectivity index (χ2v) is 4.89. The van der Waals surface area contributed by atoms with Crippen molar-refractivity contribution in [3.05, 3.63) is 0 Å². The molecule has 0 aromatic rings. The maximum absolute atomic E-state index is 12.0. The van der Waals surface area contributed by atoms with Crippen LogP contribution >= 0.6 is 0 Å². The van der Waals surface area contributed by atoms with Gasteiger partial charge < -0.3 is 14.9 Å². The Morgan fingerprint density at radius 1 is 1.33 bits per heavy atom. The predicted octanol–water partition coefficient (Wildman–Crippen LogP) is 0.178. The normalized spacial score (nSPS) is 18.4. The fourth-order valence-electron chi connectivity index (χ4n) is 2.00. The summed E-state index contributed by atoms with van der Waals surface area (Å²) in [6, 6.07) is 0. The van der Waals surface area contributed by atoms with Gasteiger partial charge in [0.25, 0.3) is 0 Å². The van der Waals surface area contributed by atoms with E-state index >= 15 is 0 Å². The molecule has 0 bridgehead atoms. The van der Waals surface area contributed by atoms with Gasteiger partial charge in [0.2, 0.25) is 11.8 Å². The lowest BCUT2D eigenvalue weighted by Gasteiger charge is -2.21. The lowest BCUT2D eigenvalue weighted by Crippen LogP contribution is -2.38. The zero-order chi connectivity index (χ0) is 13.7. The Labute approximate surface area is 107 Å². The molecule has 0 aliphatic carbocycles. The molecule has 6 heteroatoms. The molecule has 6 nitrogen and oxygen atoms in total. The summed E-state index contributed by atoms with van der Waals surface area (Å²) in [6.07, 6.45) is 0.929. The quantitative estimate of drug-likeness (QED) is 0.778. The van der Waals surface area contributed by atoms with Gasteiger partial charge in [-0.3, -0.25) is 14.4 Å². The van der Waals surface area contributed by atoms with Crippen molar-refractivity contribution in [1.82, 2.24) is 9.80 Å². The summed E-state index contributed by atoms with van der Waals surface area (Å²) in [5.41, 5.74) is 0. The largest absolute Gasteiger partial charge is 0.481 e. The van der Waals surface area contributed by atoms with E-state index in [1.807, 2.05) is 0 Å². The molecule has 1 unspecified atom stereocenters. The number of carboxylic acid groups (broad SMARTS) is 1. The van der Waals surface area contributed by atoms with Crippen molar-refractivity contribution in [2.75, 3.05) is 26.7 Å². The van der Waals surface area contributed by atoms with E-state index in [9.17, 15) is 14.4 Å². The number of carboxylic acids is 1. The second kappa shape index (κ2) is 6.37. The molecule has 2 amide bonds. The summed E-state index contributed by atoms with van der Waals surface area (Å²) in [5.74, 6) is -1.30. The van der Waals surface area contributed by atoms with E-state index in [2.05, 4.69) is 0 Å². The van der Waals surface area contributed by atoms with Crippen LogP contribution < -0.4 is 0 Å². The molecule has 1 atom stereocenters. The average Bonchev–Trinajstić information content (AvgIpc) is 2.40. The molecule has 0 aromatic carbocycles. The highest BCUT2D eigenvalue weighted by atomic mass is 16.4. The Kier molecular flexibility index (Phi) is 5.12. The second-order valence-electron chi connectivity index (χ2n) is 4.89. The Balaban J connectivity index is 2.50.